The molecule has 0 amide bonds. The van der Waals surface area contributed by atoms with Gasteiger partial charge in [-0.15, -0.1) is 11.3 Å². The summed E-state index contributed by atoms with van der Waals surface area (Å²) in [6.45, 7) is 0. The van der Waals surface area contributed by atoms with E-state index in [1.165, 1.54) is 36.9 Å². The second kappa shape index (κ2) is 13.3. The predicted octanol–water partition coefficient (Wildman–Crippen LogP) is 14.1. The number of hydrogen-bond donors (Lipinski definition) is 0. The summed E-state index contributed by atoms with van der Waals surface area (Å²) >= 11 is 1.86. The zero-order chi connectivity index (χ0) is 37.0. The highest BCUT2D eigenvalue weighted by Crippen LogP contribution is 2.43. The monoisotopic (exact) mass is 733 g/mol. The Balaban J connectivity index is 0.993. The Hall–Kier alpha value is -7.21. The van der Waals surface area contributed by atoms with Crippen molar-refractivity contribution in [1.82, 2.24) is 15.0 Å². The average Bonchev–Trinajstić information content (AvgIpc) is 3.85. The van der Waals surface area contributed by atoms with Crippen LogP contribution >= 0.6 is 11.3 Å². The zero-order valence-electron chi connectivity index (χ0n) is 30.1. The maximum atomic E-state index is 6.60. The van der Waals surface area contributed by atoms with Crippen molar-refractivity contribution in [3.8, 4) is 67.5 Å². The molecule has 0 spiro atoms. The van der Waals surface area contributed by atoms with Gasteiger partial charge in [-0.05, 0) is 69.8 Å². The maximum absolute atomic E-state index is 6.60. The SMILES string of the molecule is c1ccc(-c2nc(-c3ccccc3)nc(-c3cccc(-c4cccc5oc6cc(-c7ccc8sc9c(-c%10ccccc%10)cccc9c8c7)ccc6c45)c3)n2)cc1. The lowest BCUT2D eigenvalue weighted by Gasteiger charge is -2.10. The number of benzene rings is 8. The minimum absolute atomic E-state index is 0.625. The van der Waals surface area contributed by atoms with Gasteiger partial charge in [0.2, 0.25) is 0 Å². The van der Waals surface area contributed by atoms with Crippen LogP contribution in [0.2, 0.25) is 0 Å². The van der Waals surface area contributed by atoms with Crippen molar-refractivity contribution in [3.05, 3.63) is 188 Å². The summed E-state index contributed by atoms with van der Waals surface area (Å²) < 4.78 is 9.20. The van der Waals surface area contributed by atoms with Gasteiger partial charge in [-0.2, -0.15) is 0 Å². The average molecular weight is 734 g/mol. The van der Waals surface area contributed by atoms with Crippen molar-refractivity contribution in [2.24, 2.45) is 0 Å². The Bertz CT molecular complexity index is 3180. The minimum atomic E-state index is 0.625. The normalized spacial score (nSPS) is 11.6. The molecule has 0 fully saturated rings. The van der Waals surface area contributed by atoms with Crippen LogP contribution in [0.3, 0.4) is 0 Å². The molecule has 5 heteroatoms. The number of aromatic nitrogens is 3. The lowest BCUT2D eigenvalue weighted by atomic mass is 9.96. The Labute approximate surface area is 327 Å². The van der Waals surface area contributed by atoms with E-state index in [9.17, 15) is 0 Å². The van der Waals surface area contributed by atoms with E-state index in [0.717, 1.165) is 55.3 Å². The van der Waals surface area contributed by atoms with Gasteiger partial charge >= 0.3 is 0 Å². The number of rotatable bonds is 6. The molecule has 262 valence electrons. The highest BCUT2D eigenvalue weighted by atomic mass is 32.1. The van der Waals surface area contributed by atoms with Crippen molar-refractivity contribution >= 4 is 53.4 Å². The molecule has 56 heavy (non-hydrogen) atoms. The van der Waals surface area contributed by atoms with Crippen molar-refractivity contribution in [3.63, 3.8) is 0 Å². The van der Waals surface area contributed by atoms with E-state index in [0.29, 0.717) is 17.5 Å². The smallest absolute Gasteiger partial charge is 0.164 e. The molecule has 3 aromatic heterocycles. The molecular formula is C51H31N3OS. The molecule has 11 rings (SSSR count). The summed E-state index contributed by atoms with van der Waals surface area (Å²) in [6, 6.07) is 65.6. The highest BCUT2D eigenvalue weighted by Gasteiger charge is 2.17. The predicted molar refractivity (Wildman–Crippen MR) is 233 cm³/mol. The minimum Gasteiger partial charge on any atom is -0.456 e. The first-order valence-corrected chi connectivity index (χ1v) is 19.5. The molecule has 3 heterocycles. The van der Waals surface area contributed by atoms with E-state index in [1.807, 2.05) is 72.0 Å². The van der Waals surface area contributed by atoms with Crippen molar-refractivity contribution in [2.75, 3.05) is 0 Å². The molecule has 0 N–H and O–H groups in total. The van der Waals surface area contributed by atoms with Crippen LogP contribution < -0.4 is 0 Å². The molecule has 8 aromatic carbocycles. The molecule has 0 aliphatic rings. The van der Waals surface area contributed by atoms with Crippen LogP contribution in [0.15, 0.2) is 192 Å². The van der Waals surface area contributed by atoms with Gasteiger partial charge in [-0.3, -0.25) is 0 Å². The lowest BCUT2D eigenvalue weighted by Crippen LogP contribution is -2.00. The van der Waals surface area contributed by atoms with Crippen LogP contribution in [0.1, 0.15) is 0 Å². The standard InChI is InChI=1S/C51H31N3OS/c1-4-13-32(14-5-1)40-22-11-23-41-43-30-35(26-28-46(43)56-48(40)41)36-25-27-42-45(31-36)55-44-24-12-21-39(47(42)44)37-19-10-20-38(29-37)51-53-49(33-15-6-2-7-16-33)52-50(54-51)34-17-8-3-9-18-34/h1-31H. The molecule has 0 aliphatic carbocycles. The third-order valence-corrected chi connectivity index (χ3v) is 11.8. The zero-order valence-corrected chi connectivity index (χ0v) is 30.9. The van der Waals surface area contributed by atoms with E-state index in [-0.39, 0.29) is 0 Å². The molecule has 0 saturated heterocycles. The molecule has 0 unspecified atom stereocenters. The van der Waals surface area contributed by atoms with E-state index in [2.05, 4.69) is 127 Å². The Morgan fingerprint density at radius 3 is 1.64 bits per heavy atom. The van der Waals surface area contributed by atoms with Crippen LogP contribution in [0.4, 0.5) is 0 Å². The summed E-state index contributed by atoms with van der Waals surface area (Å²) in [5, 5.41) is 4.73. The fourth-order valence-corrected chi connectivity index (χ4v) is 9.05. The second-order valence-corrected chi connectivity index (χ2v) is 15.0. The third-order valence-electron chi connectivity index (χ3n) is 10.5. The van der Waals surface area contributed by atoms with Crippen LogP contribution in [0, 0.1) is 0 Å². The molecule has 0 atom stereocenters. The molecule has 11 aromatic rings. The highest BCUT2D eigenvalue weighted by molar-refractivity contribution is 7.26. The fourth-order valence-electron chi connectivity index (χ4n) is 7.83. The number of thiophene rings is 1. The summed E-state index contributed by atoms with van der Waals surface area (Å²) in [5.41, 5.74) is 11.5. The van der Waals surface area contributed by atoms with E-state index >= 15 is 0 Å². The third kappa shape index (κ3) is 5.56. The number of furan rings is 1. The molecule has 0 saturated carbocycles. The van der Waals surface area contributed by atoms with Crippen molar-refractivity contribution < 1.29 is 4.42 Å². The van der Waals surface area contributed by atoms with Gasteiger partial charge < -0.3 is 4.42 Å². The van der Waals surface area contributed by atoms with E-state index < -0.39 is 0 Å². The topological polar surface area (TPSA) is 51.8 Å². The van der Waals surface area contributed by atoms with E-state index in [1.54, 1.807) is 0 Å². The Morgan fingerprint density at radius 1 is 0.339 bits per heavy atom. The van der Waals surface area contributed by atoms with Gasteiger partial charge in [0.15, 0.2) is 17.5 Å². The summed E-state index contributed by atoms with van der Waals surface area (Å²) in [7, 11) is 0. The maximum Gasteiger partial charge on any atom is 0.164 e. The largest absolute Gasteiger partial charge is 0.456 e. The lowest BCUT2D eigenvalue weighted by molar-refractivity contribution is 0.669. The second-order valence-electron chi connectivity index (χ2n) is 14.0. The summed E-state index contributed by atoms with van der Waals surface area (Å²) in [6.07, 6.45) is 0. The van der Waals surface area contributed by atoms with Gasteiger partial charge in [0, 0.05) is 47.6 Å². The van der Waals surface area contributed by atoms with Crippen molar-refractivity contribution in [2.45, 2.75) is 0 Å². The first-order valence-electron chi connectivity index (χ1n) is 18.7. The summed E-state index contributed by atoms with van der Waals surface area (Å²) in [4.78, 5) is 14.9. The first-order chi connectivity index (χ1) is 27.7. The van der Waals surface area contributed by atoms with Crippen LogP contribution in [-0.2, 0) is 0 Å². The first kappa shape index (κ1) is 32.2. The van der Waals surface area contributed by atoms with Crippen LogP contribution in [0.25, 0.3) is 110 Å². The van der Waals surface area contributed by atoms with Gasteiger partial charge in [0.25, 0.3) is 0 Å². The number of fused-ring (bicyclic) bond motifs is 6. The van der Waals surface area contributed by atoms with E-state index in [4.69, 9.17) is 19.4 Å². The Morgan fingerprint density at radius 2 is 0.911 bits per heavy atom. The number of hydrogen-bond acceptors (Lipinski definition) is 5. The molecule has 0 aliphatic heterocycles. The quantitative estimate of drug-likeness (QED) is 0.171. The molecule has 0 radical (unpaired) electrons. The Kier molecular flexibility index (Phi) is 7.64. The van der Waals surface area contributed by atoms with Crippen LogP contribution in [0.5, 0.6) is 0 Å². The molecular weight excluding hydrogens is 703 g/mol. The van der Waals surface area contributed by atoms with Gasteiger partial charge in [0.05, 0.1) is 0 Å². The summed E-state index contributed by atoms with van der Waals surface area (Å²) in [5.74, 6) is 1.91. The van der Waals surface area contributed by atoms with Gasteiger partial charge in [-0.25, -0.2) is 15.0 Å². The molecule has 0 bridgehead atoms. The van der Waals surface area contributed by atoms with Gasteiger partial charge in [-0.1, -0.05) is 152 Å². The fraction of sp³-hybridized carbons (Fsp3) is 0. The molecule has 4 nitrogen and oxygen atoms in total. The van der Waals surface area contributed by atoms with Crippen molar-refractivity contribution in [1.29, 1.82) is 0 Å². The number of nitrogens with zero attached hydrogens (tertiary/aromatic N) is 3. The van der Waals surface area contributed by atoms with Gasteiger partial charge in [0.1, 0.15) is 11.2 Å². The van der Waals surface area contributed by atoms with Crippen LogP contribution in [-0.4, -0.2) is 15.0 Å².